The van der Waals surface area contributed by atoms with Crippen LogP contribution in [0.4, 0.5) is 0 Å². The van der Waals surface area contributed by atoms with E-state index in [2.05, 4.69) is 6.92 Å². The maximum Gasteiger partial charge on any atom is 0.161 e. The van der Waals surface area contributed by atoms with Crippen molar-refractivity contribution in [1.29, 1.82) is 0 Å². The van der Waals surface area contributed by atoms with E-state index in [0.29, 0.717) is 5.75 Å². The number of hydrogen-bond acceptors (Lipinski definition) is 2. The summed E-state index contributed by atoms with van der Waals surface area (Å²) in [5.74, 6) is 0.772. The van der Waals surface area contributed by atoms with Gasteiger partial charge in [-0.25, -0.2) is 0 Å². The zero-order valence-corrected chi connectivity index (χ0v) is 9.29. The molecule has 78 valence electrons. The molecule has 0 aliphatic heterocycles. The van der Waals surface area contributed by atoms with E-state index in [9.17, 15) is 5.11 Å². The topological polar surface area (TPSA) is 29.5 Å². The minimum absolute atomic E-state index is 0.206. The molecule has 1 N–H and O–H groups in total. The summed E-state index contributed by atoms with van der Waals surface area (Å²) in [7, 11) is 0. The summed E-state index contributed by atoms with van der Waals surface area (Å²) < 4.78 is 5.62. The molecule has 0 unspecified atom stereocenters. The zero-order chi connectivity index (χ0) is 10.8. The lowest BCUT2D eigenvalue weighted by atomic mass is 10.1. The quantitative estimate of drug-likeness (QED) is 0.783. The fraction of sp³-hybridized carbons (Fsp3) is 0.500. The lowest BCUT2D eigenvalue weighted by Crippen LogP contribution is -2.23. The van der Waals surface area contributed by atoms with Crippen LogP contribution in [0.3, 0.4) is 0 Å². The summed E-state index contributed by atoms with van der Waals surface area (Å²) in [6.07, 6.45) is 0.945. The van der Waals surface area contributed by atoms with Crippen LogP contribution < -0.4 is 4.74 Å². The Balaban J connectivity index is 2.95. The standard InChI is InChI=1S/C12H18O2/c1-5-9-6-7-10(13)11(8-9)14-12(2,3)4/h6-8,13H,5H2,1-4H3. The Morgan fingerprint density at radius 2 is 1.93 bits per heavy atom. The monoisotopic (exact) mass is 194 g/mol. The first-order valence-corrected chi connectivity index (χ1v) is 4.93. The van der Waals surface area contributed by atoms with Crippen molar-refractivity contribution in [3.05, 3.63) is 23.8 Å². The SMILES string of the molecule is CCc1ccc(O)c(OC(C)(C)C)c1. The van der Waals surface area contributed by atoms with E-state index in [-0.39, 0.29) is 11.4 Å². The third-order valence-electron chi connectivity index (χ3n) is 1.85. The first-order chi connectivity index (χ1) is 6.42. The Labute approximate surface area is 85.5 Å². The molecule has 0 aliphatic carbocycles. The summed E-state index contributed by atoms with van der Waals surface area (Å²) in [6, 6.07) is 5.48. The van der Waals surface area contributed by atoms with E-state index in [1.54, 1.807) is 6.07 Å². The van der Waals surface area contributed by atoms with Crippen molar-refractivity contribution in [1.82, 2.24) is 0 Å². The number of aromatic hydroxyl groups is 1. The molecular weight excluding hydrogens is 176 g/mol. The lowest BCUT2D eigenvalue weighted by Gasteiger charge is -2.22. The van der Waals surface area contributed by atoms with Crippen molar-refractivity contribution < 1.29 is 9.84 Å². The van der Waals surface area contributed by atoms with Crippen LogP contribution in [0.2, 0.25) is 0 Å². The van der Waals surface area contributed by atoms with E-state index in [1.807, 2.05) is 32.9 Å². The Morgan fingerprint density at radius 1 is 1.29 bits per heavy atom. The molecule has 2 nitrogen and oxygen atoms in total. The molecule has 0 spiro atoms. The van der Waals surface area contributed by atoms with Gasteiger partial charge >= 0.3 is 0 Å². The number of ether oxygens (including phenoxy) is 1. The highest BCUT2D eigenvalue weighted by Gasteiger charge is 2.14. The number of hydrogen-bond donors (Lipinski definition) is 1. The Morgan fingerprint density at radius 3 is 2.43 bits per heavy atom. The molecule has 0 saturated heterocycles. The summed E-state index contributed by atoms with van der Waals surface area (Å²) in [6.45, 7) is 7.97. The molecule has 0 atom stereocenters. The second-order valence-electron chi connectivity index (χ2n) is 4.37. The molecule has 0 amide bonds. The predicted molar refractivity (Wildman–Crippen MR) is 57.9 cm³/mol. The minimum atomic E-state index is -0.274. The first kappa shape index (κ1) is 10.9. The molecule has 0 fully saturated rings. The molecule has 0 bridgehead atoms. The van der Waals surface area contributed by atoms with Gasteiger partial charge in [0.25, 0.3) is 0 Å². The highest BCUT2D eigenvalue weighted by Crippen LogP contribution is 2.30. The second kappa shape index (κ2) is 3.91. The van der Waals surface area contributed by atoms with Crippen LogP contribution in [0, 0.1) is 0 Å². The maximum absolute atomic E-state index is 9.57. The zero-order valence-electron chi connectivity index (χ0n) is 9.29. The molecule has 14 heavy (non-hydrogen) atoms. The number of phenolic OH excluding ortho intramolecular Hbond substituents is 1. The Bertz CT molecular complexity index is 311. The molecule has 0 aliphatic rings. The third kappa shape index (κ3) is 2.95. The smallest absolute Gasteiger partial charge is 0.161 e. The fourth-order valence-electron chi connectivity index (χ4n) is 1.19. The maximum atomic E-state index is 9.57. The van der Waals surface area contributed by atoms with Gasteiger partial charge in [0, 0.05) is 0 Å². The largest absolute Gasteiger partial charge is 0.504 e. The number of rotatable bonds is 2. The van der Waals surface area contributed by atoms with Crippen molar-refractivity contribution in [2.24, 2.45) is 0 Å². The third-order valence-corrected chi connectivity index (χ3v) is 1.85. The van der Waals surface area contributed by atoms with Crippen molar-refractivity contribution in [2.45, 2.75) is 39.7 Å². The van der Waals surface area contributed by atoms with Gasteiger partial charge in [-0.15, -0.1) is 0 Å². The van der Waals surface area contributed by atoms with Crippen molar-refractivity contribution in [2.75, 3.05) is 0 Å². The number of phenols is 1. The van der Waals surface area contributed by atoms with E-state index in [0.717, 1.165) is 6.42 Å². The van der Waals surface area contributed by atoms with Gasteiger partial charge in [-0.05, 0) is 44.9 Å². The van der Waals surface area contributed by atoms with Crippen LogP contribution >= 0.6 is 0 Å². The van der Waals surface area contributed by atoms with Crippen LogP contribution in [0.5, 0.6) is 11.5 Å². The average molecular weight is 194 g/mol. The van der Waals surface area contributed by atoms with Crippen LogP contribution in [0.25, 0.3) is 0 Å². The molecule has 0 heterocycles. The van der Waals surface area contributed by atoms with Gasteiger partial charge < -0.3 is 9.84 Å². The fourth-order valence-corrected chi connectivity index (χ4v) is 1.19. The molecule has 1 rings (SSSR count). The van der Waals surface area contributed by atoms with Crippen molar-refractivity contribution >= 4 is 0 Å². The van der Waals surface area contributed by atoms with Crippen LogP contribution in [0.15, 0.2) is 18.2 Å². The first-order valence-electron chi connectivity index (χ1n) is 4.93. The molecule has 0 saturated carbocycles. The van der Waals surface area contributed by atoms with E-state index >= 15 is 0 Å². The van der Waals surface area contributed by atoms with Gasteiger partial charge in [0.1, 0.15) is 5.60 Å². The summed E-state index contributed by atoms with van der Waals surface area (Å²) in [5.41, 5.74) is 0.895. The van der Waals surface area contributed by atoms with Crippen LogP contribution in [-0.2, 0) is 6.42 Å². The van der Waals surface area contributed by atoms with E-state index in [1.165, 1.54) is 5.56 Å². The lowest BCUT2D eigenvalue weighted by molar-refractivity contribution is 0.126. The summed E-state index contributed by atoms with van der Waals surface area (Å²) in [4.78, 5) is 0. The van der Waals surface area contributed by atoms with Crippen LogP contribution in [0.1, 0.15) is 33.3 Å². The van der Waals surface area contributed by atoms with Gasteiger partial charge in [-0.3, -0.25) is 0 Å². The summed E-state index contributed by atoms with van der Waals surface area (Å²) >= 11 is 0. The second-order valence-corrected chi connectivity index (χ2v) is 4.37. The highest BCUT2D eigenvalue weighted by atomic mass is 16.5. The van der Waals surface area contributed by atoms with Gasteiger partial charge in [0.05, 0.1) is 0 Å². The van der Waals surface area contributed by atoms with E-state index < -0.39 is 0 Å². The number of benzene rings is 1. The normalized spacial score (nSPS) is 11.4. The molecule has 2 heteroatoms. The van der Waals surface area contributed by atoms with Crippen LogP contribution in [-0.4, -0.2) is 10.7 Å². The Kier molecular flexibility index (Phi) is 3.04. The average Bonchev–Trinajstić information content (AvgIpc) is 2.06. The van der Waals surface area contributed by atoms with Gasteiger partial charge in [-0.1, -0.05) is 13.0 Å². The van der Waals surface area contributed by atoms with E-state index in [4.69, 9.17) is 4.74 Å². The van der Waals surface area contributed by atoms with Crippen molar-refractivity contribution in [3.8, 4) is 11.5 Å². The van der Waals surface area contributed by atoms with Crippen molar-refractivity contribution in [3.63, 3.8) is 0 Å². The highest BCUT2D eigenvalue weighted by molar-refractivity contribution is 5.42. The number of aryl methyl sites for hydroxylation is 1. The molecule has 1 aromatic carbocycles. The molecule has 0 aromatic heterocycles. The Hall–Kier alpha value is -1.18. The minimum Gasteiger partial charge on any atom is -0.504 e. The molecule has 0 radical (unpaired) electrons. The van der Waals surface area contributed by atoms with Gasteiger partial charge in [-0.2, -0.15) is 0 Å². The molecular formula is C12H18O2. The summed E-state index contributed by atoms with van der Waals surface area (Å²) in [5, 5.41) is 9.57. The predicted octanol–water partition coefficient (Wildman–Crippen LogP) is 3.13. The van der Waals surface area contributed by atoms with Gasteiger partial charge in [0.2, 0.25) is 0 Å². The molecule has 1 aromatic rings. The van der Waals surface area contributed by atoms with Gasteiger partial charge in [0.15, 0.2) is 11.5 Å².